The van der Waals surface area contributed by atoms with Crippen molar-refractivity contribution in [3.63, 3.8) is 0 Å². The number of likely N-dealkylation sites (N-methyl/N-ethyl adjacent to an activating group) is 1. The molecule has 1 aliphatic heterocycles. The van der Waals surface area contributed by atoms with E-state index in [1.54, 1.807) is 24.4 Å². The molecule has 1 aromatic heterocycles. The Hall–Kier alpha value is -2.82. The summed E-state index contributed by atoms with van der Waals surface area (Å²) in [5.74, 6) is -0.732. The molecule has 0 aliphatic carbocycles. The molecule has 0 atom stereocenters. The molecule has 30 heavy (non-hydrogen) atoms. The second-order valence-electron chi connectivity index (χ2n) is 7.01. The SMILES string of the molecule is CCOC(=O)c1c(-c2ccc([N+](=O)[O-])cc2)csc1NC(=O)CN1CCN(C)CC1. The quantitative estimate of drug-likeness (QED) is 0.407. The molecule has 10 heteroatoms. The highest BCUT2D eigenvalue weighted by Gasteiger charge is 2.24. The van der Waals surface area contributed by atoms with Gasteiger partial charge in [-0.3, -0.25) is 19.8 Å². The fourth-order valence-corrected chi connectivity index (χ4v) is 4.18. The van der Waals surface area contributed by atoms with Crippen LogP contribution >= 0.6 is 11.3 Å². The fraction of sp³-hybridized carbons (Fsp3) is 0.400. The van der Waals surface area contributed by atoms with Crippen LogP contribution in [0.3, 0.4) is 0 Å². The Morgan fingerprint density at radius 2 is 1.87 bits per heavy atom. The lowest BCUT2D eigenvalue weighted by Gasteiger charge is -2.31. The summed E-state index contributed by atoms with van der Waals surface area (Å²) < 4.78 is 5.19. The number of piperazine rings is 1. The van der Waals surface area contributed by atoms with E-state index in [2.05, 4.69) is 22.2 Å². The van der Waals surface area contributed by atoms with Crippen molar-refractivity contribution in [1.29, 1.82) is 0 Å². The van der Waals surface area contributed by atoms with Crippen LogP contribution in [0.1, 0.15) is 17.3 Å². The van der Waals surface area contributed by atoms with E-state index in [9.17, 15) is 19.7 Å². The van der Waals surface area contributed by atoms with Crippen molar-refractivity contribution < 1.29 is 19.2 Å². The number of hydrogen-bond donors (Lipinski definition) is 1. The summed E-state index contributed by atoms with van der Waals surface area (Å²) in [6, 6.07) is 5.93. The molecule has 0 radical (unpaired) electrons. The van der Waals surface area contributed by atoms with Gasteiger partial charge in [-0.15, -0.1) is 11.3 Å². The number of esters is 1. The van der Waals surface area contributed by atoms with Crippen molar-refractivity contribution >= 4 is 33.9 Å². The number of hydrogen-bond acceptors (Lipinski definition) is 8. The fourth-order valence-electron chi connectivity index (χ4n) is 3.21. The number of non-ortho nitro benzene ring substituents is 1. The van der Waals surface area contributed by atoms with E-state index in [-0.39, 0.29) is 30.3 Å². The van der Waals surface area contributed by atoms with Crippen molar-refractivity contribution in [2.75, 3.05) is 51.7 Å². The van der Waals surface area contributed by atoms with Crippen LogP contribution in [0, 0.1) is 10.1 Å². The largest absolute Gasteiger partial charge is 0.462 e. The number of amides is 1. The molecule has 0 saturated carbocycles. The lowest BCUT2D eigenvalue weighted by Crippen LogP contribution is -2.47. The predicted octanol–water partition coefficient (Wildman–Crippen LogP) is 2.69. The zero-order chi connectivity index (χ0) is 21.7. The monoisotopic (exact) mass is 432 g/mol. The van der Waals surface area contributed by atoms with Crippen LogP contribution in [0.25, 0.3) is 11.1 Å². The van der Waals surface area contributed by atoms with Gasteiger partial charge in [0.15, 0.2) is 0 Å². The van der Waals surface area contributed by atoms with E-state index >= 15 is 0 Å². The van der Waals surface area contributed by atoms with Gasteiger partial charge in [-0.05, 0) is 31.7 Å². The first-order chi connectivity index (χ1) is 14.4. The average molecular weight is 433 g/mol. The van der Waals surface area contributed by atoms with E-state index in [4.69, 9.17) is 4.74 Å². The summed E-state index contributed by atoms with van der Waals surface area (Å²) in [7, 11) is 2.05. The van der Waals surface area contributed by atoms with E-state index in [1.165, 1.54) is 23.5 Å². The number of thiophene rings is 1. The highest BCUT2D eigenvalue weighted by molar-refractivity contribution is 7.15. The molecule has 1 N–H and O–H groups in total. The lowest BCUT2D eigenvalue weighted by molar-refractivity contribution is -0.384. The third kappa shape index (κ3) is 5.21. The van der Waals surface area contributed by atoms with E-state index in [0.29, 0.717) is 16.1 Å². The molecule has 9 nitrogen and oxygen atoms in total. The molecule has 0 bridgehead atoms. The number of nitro groups is 1. The van der Waals surface area contributed by atoms with Crippen LogP contribution in [0.2, 0.25) is 0 Å². The molecule has 1 amide bonds. The van der Waals surface area contributed by atoms with Gasteiger partial charge in [-0.2, -0.15) is 0 Å². The number of rotatable bonds is 7. The van der Waals surface area contributed by atoms with Crippen molar-refractivity contribution in [3.05, 3.63) is 45.3 Å². The third-order valence-corrected chi connectivity index (χ3v) is 5.77. The molecule has 1 saturated heterocycles. The van der Waals surface area contributed by atoms with E-state index < -0.39 is 10.9 Å². The molecule has 2 aromatic rings. The summed E-state index contributed by atoms with van der Waals surface area (Å²) in [5, 5.41) is 15.9. The lowest BCUT2D eigenvalue weighted by atomic mass is 10.0. The van der Waals surface area contributed by atoms with Gasteiger partial charge in [-0.1, -0.05) is 0 Å². The molecule has 3 rings (SSSR count). The topological polar surface area (TPSA) is 105 Å². The Kier molecular flexibility index (Phi) is 7.14. The average Bonchev–Trinajstić information content (AvgIpc) is 3.13. The van der Waals surface area contributed by atoms with Crippen LogP contribution in [-0.2, 0) is 9.53 Å². The number of nitrogens with zero attached hydrogens (tertiary/aromatic N) is 3. The molecule has 160 valence electrons. The zero-order valence-corrected chi connectivity index (χ0v) is 17.7. The molecular formula is C20H24N4O5S. The van der Waals surface area contributed by atoms with E-state index in [0.717, 1.165) is 26.2 Å². The molecule has 1 aliphatic rings. The first kappa shape index (κ1) is 21.9. The highest BCUT2D eigenvalue weighted by Crippen LogP contribution is 2.36. The Balaban J connectivity index is 1.81. The smallest absolute Gasteiger partial charge is 0.341 e. The summed E-state index contributed by atoms with van der Waals surface area (Å²) in [5.41, 5.74) is 1.44. The standard InChI is InChI=1S/C20H24N4O5S/c1-3-29-20(26)18-16(14-4-6-15(7-5-14)24(27)28)13-30-19(18)21-17(25)12-23-10-8-22(2)9-11-23/h4-7,13H,3,8-12H2,1-2H3,(H,21,25). The summed E-state index contributed by atoms with van der Waals surface area (Å²) in [6.45, 7) is 5.60. The Bertz CT molecular complexity index is 920. The molecule has 2 heterocycles. The van der Waals surface area contributed by atoms with Crippen molar-refractivity contribution in [2.24, 2.45) is 0 Å². The number of nitrogens with one attached hydrogen (secondary N) is 1. The normalized spacial score (nSPS) is 15.0. The second-order valence-corrected chi connectivity index (χ2v) is 7.89. The summed E-state index contributed by atoms with van der Waals surface area (Å²) in [6.07, 6.45) is 0. The second kappa shape index (κ2) is 9.79. The van der Waals surface area contributed by atoms with Gasteiger partial charge in [0.1, 0.15) is 10.6 Å². The number of anilines is 1. The summed E-state index contributed by atoms with van der Waals surface area (Å²) in [4.78, 5) is 39.9. The van der Waals surface area contributed by atoms with Gasteiger partial charge in [0.05, 0.1) is 18.1 Å². The third-order valence-electron chi connectivity index (χ3n) is 4.88. The maximum atomic E-state index is 12.6. The Morgan fingerprint density at radius 1 is 1.20 bits per heavy atom. The molecular weight excluding hydrogens is 408 g/mol. The minimum absolute atomic E-state index is 0.0348. The van der Waals surface area contributed by atoms with Gasteiger partial charge in [-0.25, -0.2) is 4.79 Å². The van der Waals surface area contributed by atoms with Crippen molar-refractivity contribution in [1.82, 2.24) is 9.80 Å². The number of carbonyl (C=O) groups excluding carboxylic acids is 2. The number of carbonyl (C=O) groups is 2. The first-order valence-corrected chi connectivity index (χ1v) is 10.5. The zero-order valence-electron chi connectivity index (χ0n) is 16.9. The van der Waals surface area contributed by atoms with Gasteiger partial charge in [0, 0.05) is 49.3 Å². The van der Waals surface area contributed by atoms with Gasteiger partial charge < -0.3 is 15.0 Å². The number of ether oxygens (including phenoxy) is 1. The maximum Gasteiger partial charge on any atom is 0.341 e. The van der Waals surface area contributed by atoms with Crippen LogP contribution in [0.5, 0.6) is 0 Å². The molecule has 1 aromatic carbocycles. The molecule has 0 unspecified atom stereocenters. The van der Waals surface area contributed by atoms with E-state index in [1.807, 2.05) is 0 Å². The van der Waals surface area contributed by atoms with Crippen LogP contribution in [-0.4, -0.2) is 73.0 Å². The molecule has 0 spiro atoms. The first-order valence-electron chi connectivity index (χ1n) is 9.63. The maximum absolute atomic E-state index is 12.6. The van der Waals surface area contributed by atoms with Crippen LogP contribution in [0.4, 0.5) is 10.7 Å². The Morgan fingerprint density at radius 3 is 2.47 bits per heavy atom. The van der Waals surface area contributed by atoms with Gasteiger partial charge in [0.25, 0.3) is 5.69 Å². The van der Waals surface area contributed by atoms with Crippen LogP contribution in [0.15, 0.2) is 29.6 Å². The Labute approximate surface area is 178 Å². The molecule has 1 fully saturated rings. The predicted molar refractivity (Wildman–Crippen MR) is 115 cm³/mol. The van der Waals surface area contributed by atoms with Crippen molar-refractivity contribution in [2.45, 2.75) is 6.92 Å². The number of nitro benzene ring substituents is 1. The van der Waals surface area contributed by atoms with Crippen molar-refractivity contribution in [3.8, 4) is 11.1 Å². The highest BCUT2D eigenvalue weighted by atomic mass is 32.1. The van der Waals surface area contributed by atoms with Crippen LogP contribution < -0.4 is 5.32 Å². The minimum atomic E-state index is -0.540. The van der Waals surface area contributed by atoms with Gasteiger partial charge >= 0.3 is 5.97 Å². The van der Waals surface area contributed by atoms with Gasteiger partial charge in [0.2, 0.25) is 5.91 Å². The summed E-state index contributed by atoms with van der Waals surface area (Å²) >= 11 is 1.23. The minimum Gasteiger partial charge on any atom is -0.462 e. The number of benzene rings is 1.